The third kappa shape index (κ3) is 3.40. The van der Waals surface area contributed by atoms with Crippen molar-refractivity contribution in [1.82, 2.24) is 5.43 Å². The highest BCUT2D eigenvalue weighted by atomic mass is 16.5. The highest BCUT2D eigenvalue weighted by Gasteiger charge is 2.41. The molecular weight excluding hydrogens is 248 g/mol. The van der Waals surface area contributed by atoms with E-state index in [0.717, 1.165) is 32.3 Å². The number of aryl methyl sites for hydroxylation is 1. The molecule has 1 aromatic carbocycles. The summed E-state index contributed by atoms with van der Waals surface area (Å²) in [5.41, 5.74) is 5.66. The SMILES string of the molecule is CCOC1(C(Cc2ccc(CC)cc2)NN)CCCC1. The van der Waals surface area contributed by atoms with Crippen LogP contribution in [0.15, 0.2) is 24.3 Å². The van der Waals surface area contributed by atoms with Gasteiger partial charge in [0.1, 0.15) is 0 Å². The minimum atomic E-state index is -0.0765. The summed E-state index contributed by atoms with van der Waals surface area (Å²) in [4.78, 5) is 0. The number of hydrogen-bond acceptors (Lipinski definition) is 3. The third-order valence-corrected chi connectivity index (χ3v) is 4.59. The zero-order valence-corrected chi connectivity index (χ0v) is 12.8. The van der Waals surface area contributed by atoms with Crippen LogP contribution >= 0.6 is 0 Å². The first-order chi connectivity index (χ1) is 9.74. The molecule has 0 aromatic heterocycles. The average molecular weight is 276 g/mol. The fourth-order valence-electron chi connectivity index (χ4n) is 3.40. The highest BCUT2D eigenvalue weighted by Crippen LogP contribution is 2.37. The van der Waals surface area contributed by atoms with Crippen molar-refractivity contribution in [3.05, 3.63) is 35.4 Å². The Bertz CT molecular complexity index is 396. The minimum Gasteiger partial charge on any atom is -0.374 e. The maximum absolute atomic E-state index is 6.12. The molecule has 1 aromatic rings. The lowest BCUT2D eigenvalue weighted by Gasteiger charge is -2.37. The number of ether oxygens (including phenoxy) is 1. The van der Waals surface area contributed by atoms with Gasteiger partial charge in [-0.25, -0.2) is 0 Å². The molecule has 3 N–H and O–H groups in total. The summed E-state index contributed by atoms with van der Waals surface area (Å²) in [5.74, 6) is 5.84. The topological polar surface area (TPSA) is 47.3 Å². The van der Waals surface area contributed by atoms with E-state index in [-0.39, 0.29) is 11.6 Å². The molecule has 3 nitrogen and oxygen atoms in total. The number of nitrogens with two attached hydrogens (primary N) is 1. The Morgan fingerprint density at radius 1 is 1.15 bits per heavy atom. The maximum Gasteiger partial charge on any atom is 0.0851 e. The molecule has 0 spiro atoms. The van der Waals surface area contributed by atoms with E-state index >= 15 is 0 Å². The van der Waals surface area contributed by atoms with Gasteiger partial charge in [-0.3, -0.25) is 11.3 Å². The summed E-state index contributed by atoms with van der Waals surface area (Å²) >= 11 is 0. The van der Waals surface area contributed by atoms with Crippen LogP contribution < -0.4 is 11.3 Å². The van der Waals surface area contributed by atoms with Crippen LogP contribution in [0, 0.1) is 0 Å². The molecule has 1 fully saturated rings. The van der Waals surface area contributed by atoms with Gasteiger partial charge in [-0.1, -0.05) is 44.0 Å². The van der Waals surface area contributed by atoms with Gasteiger partial charge in [0, 0.05) is 6.61 Å². The predicted octanol–water partition coefficient (Wildman–Crippen LogP) is 2.97. The van der Waals surface area contributed by atoms with E-state index in [9.17, 15) is 0 Å². The van der Waals surface area contributed by atoms with Crippen molar-refractivity contribution < 1.29 is 4.74 Å². The van der Waals surface area contributed by atoms with Gasteiger partial charge in [-0.05, 0) is 43.7 Å². The third-order valence-electron chi connectivity index (χ3n) is 4.59. The molecule has 0 heterocycles. The molecule has 1 saturated carbocycles. The Hall–Kier alpha value is -0.900. The van der Waals surface area contributed by atoms with Crippen LogP contribution in [0.3, 0.4) is 0 Å². The van der Waals surface area contributed by atoms with Gasteiger partial charge in [-0.15, -0.1) is 0 Å². The summed E-state index contributed by atoms with van der Waals surface area (Å²) in [6.07, 6.45) is 6.73. The summed E-state index contributed by atoms with van der Waals surface area (Å²) in [5, 5.41) is 0. The molecule has 0 amide bonds. The van der Waals surface area contributed by atoms with E-state index in [2.05, 4.69) is 43.5 Å². The molecule has 0 radical (unpaired) electrons. The van der Waals surface area contributed by atoms with Crippen LogP contribution in [0.2, 0.25) is 0 Å². The Kier molecular flexibility index (Phi) is 5.58. The van der Waals surface area contributed by atoms with Crippen molar-refractivity contribution in [2.24, 2.45) is 5.84 Å². The van der Waals surface area contributed by atoms with Gasteiger partial charge >= 0.3 is 0 Å². The van der Waals surface area contributed by atoms with Gasteiger partial charge in [0.2, 0.25) is 0 Å². The normalized spacial score (nSPS) is 19.1. The van der Waals surface area contributed by atoms with Gasteiger partial charge in [-0.2, -0.15) is 0 Å². The molecular formula is C17H28N2O. The second-order valence-corrected chi connectivity index (χ2v) is 5.80. The molecule has 1 atom stereocenters. The smallest absolute Gasteiger partial charge is 0.0851 e. The summed E-state index contributed by atoms with van der Waals surface area (Å²) in [7, 11) is 0. The van der Waals surface area contributed by atoms with Crippen molar-refractivity contribution in [1.29, 1.82) is 0 Å². The van der Waals surface area contributed by atoms with Gasteiger partial charge in [0.05, 0.1) is 11.6 Å². The maximum atomic E-state index is 6.12. The first kappa shape index (κ1) is 15.5. The standard InChI is InChI=1S/C17H28N2O/c1-3-14-7-9-15(10-8-14)13-16(19-18)17(20-4-2)11-5-6-12-17/h7-10,16,19H,3-6,11-13,18H2,1-2H3. The van der Waals surface area contributed by atoms with E-state index in [1.807, 2.05) is 0 Å². The van der Waals surface area contributed by atoms with Crippen LogP contribution in [-0.2, 0) is 17.6 Å². The van der Waals surface area contributed by atoms with Gasteiger partial charge < -0.3 is 4.74 Å². The second kappa shape index (κ2) is 7.21. The zero-order chi connectivity index (χ0) is 14.4. The highest BCUT2D eigenvalue weighted by molar-refractivity contribution is 5.24. The van der Waals surface area contributed by atoms with Gasteiger partial charge in [0.15, 0.2) is 0 Å². The predicted molar refractivity (Wildman–Crippen MR) is 83.5 cm³/mol. The van der Waals surface area contributed by atoms with E-state index in [0.29, 0.717) is 0 Å². The van der Waals surface area contributed by atoms with Crippen LogP contribution in [0.1, 0.15) is 50.7 Å². The summed E-state index contributed by atoms with van der Waals surface area (Å²) in [6.45, 7) is 5.01. The van der Waals surface area contributed by atoms with Crippen LogP contribution in [0.25, 0.3) is 0 Å². The lowest BCUT2D eigenvalue weighted by molar-refractivity contribution is -0.0613. The number of nitrogens with one attached hydrogen (secondary N) is 1. The molecule has 0 aliphatic heterocycles. The zero-order valence-electron chi connectivity index (χ0n) is 12.8. The quantitative estimate of drug-likeness (QED) is 0.594. The monoisotopic (exact) mass is 276 g/mol. The largest absolute Gasteiger partial charge is 0.374 e. The molecule has 1 aliphatic rings. The van der Waals surface area contributed by atoms with Crippen LogP contribution in [0.4, 0.5) is 0 Å². The van der Waals surface area contributed by atoms with Crippen molar-refractivity contribution in [3.63, 3.8) is 0 Å². The minimum absolute atomic E-state index is 0.0765. The molecule has 3 heteroatoms. The lowest BCUT2D eigenvalue weighted by Crippen LogP contribution is -2.54. The Balaban J connectivity index is 2.10. The molecule has 2 rings (SSSR count). The Morgan fingerprint density at radius 3 is 2.25 bits per heavy atom. The van der Waals surface area contributed by atoms with Crippen LogP contribution in [-0.4, -0.2) is 18.2 Å². The Morgan fingerprint density at radius 2 is 1.75 bits per heavy atom. The first-order valence-electron chi connectivity index (χ1n) is 7.92. The number of hydrazine groups is 1. The molecule has 20 heavy (non-hydrogen) atoms. The summed E-state index contributed by atoms with van der Waals surface area (Å²) < 4.78 is 6.12. The van der Waals surface area contributed by atoms with Crippen LogP contribution in [0.5, 0.6) is 0 Å². The molecule has 112 valence electrons. The van der Waals surface area contributed by atoms with Crippen molar-refractivity contribution in [3.8, 4) is 0 Å². The Labute approximate surface area is 122 Å². The number of rotatable bonds is 7. The van der Waals surface area contributed by atoms with Gasteiger partial charge in [0.25, 0.3) is 0 Å². The van der Waals surface area contributed by atoms with E-state index in [1.165, 1.54) is 24.0 Å². The van der Waals surface area contributed by atoms with E-state index in [1.54, 1.807) is 0 Å². The lowest BCUT2D eigenvalue weighted by atomic mass is 9.87. The van der Waals surface area contributed by atoms with E-state index < -0.39 is 0 Å². The molecule has 0 saturated heterocycles. The second-order valence-electron chi connectivity index (χ2n) is 5.80. The molecule has 1 unspecified atom stereocenters. The number of benzene rings is 1. The van der Waals surface area contributed by atoms with Crippen molar-refractivity contribution in [2.75, 3.05) is 6.61 Å². The molecule has 1 aliphatic carbocycles. The summed E-state index contributed by atoms with van der Waals surface area (Å²) in [6, 6.07) is 9.06. The number of hydrogen-bond donors (Lipinski definition) is 2. The average Bonchev–Trinajstić information content (AvgIpc) is 2.95. The van der Waals surface area contributed by atoms with Crippen molar-refractivity contribution >= 4 is 0 Å². The molecule has 0 bridgehead atoms. The fourth-order valence-corrected chi connectivity index (χ4v) is 3.40. The first-order valence-corrected chi connectivity index (χ1v) is 7.92. The van der Waals surface area contributed by atoms with E-state index in [4.69, 9.17) is 10.6 Å². The fraction of sp³-hybridized carbons (Fsp3) is 0.647. The van der Waals surface area contributed by atoms with Crippen molar-refractivity contribution in [2.45, 2.75) is 64.0 Å².